The normalized spacial score (nSPS) is 19.4. The molecule has 0 aliphatic carbocycles. The lowest BCUT2D eigenvalue weighted by atomic mass is 9.97. The maximum atomic E-state index is 12.5. The fourth-order valence-corrected chi connectivity index (χ4v) is 3.27. The van der Waals surface area contributed by atoms with Crippen molar-refractivity contribution in [3.8, 4) is 11.5 Å². The third-order valence-electron chi connectivity index (χ3n) is 4.66. The first-order valence-corrected chi connectivity index (χ1v) is 8.72. The molecule has 2 unspecified atom stereocenters. The monoisotopic (exact) mass is 375 g/mol. The van der Waals surface area contributed by atoms with Crippen LogP contribution in [0.2, 0.25) is 5.02 Å². The molecule has 0 saturated carbocycles. The first-order valence-electron chi connectivity index (χ1n) is 8.34. The molecule has 138 valence electrons. The van der Waals surface area contributed by atoms with Crippen LogP contribution in [0.5, 0.6) is 11.5 Å². The number of benzene rings is 2. The number of amides is 1. The van der Waals surface area contributed by atoms with Crippen LogP contribution in [0.4, 0.5) is 5.69 Å². The number of hydrazine groups is 1. The second kappa shape index (κ2) is 7.53. The number of carbonyl (C=O) groups excluding carboxylic acids is 1. The van der Waals surface area contributed by atoms with E-state index >= 15 is 0 Å². The molecule has 0 aromatic heterocycles. The van der Waals surface area contributed by atoms with Gasteiger partial charge in [-0.25, -0.2) is 10.9 Å². The first-order chi connectivity index (χ1) is 12.4. The van der Waals surface area contributed by atoms with Gasteiger partial charge in [0.05, 0.1) is 18.2 Å². The van der Waals surface area contributed by atoms with Crippen molar-refractivity contribution in [2.75, 3.05) is 12.4 Å². The molecule has 1 aliphatic rings. The van der Waals surface area contributed by atoms with Crippen LogP contribution in [0.1, 0.15) is 29.2 Å². The van der Waals surface area contributed by atoms with Gasteiger partial charge in [-0.3, -0.25) is 4.79 Å². The van der Waals surface area contributed by atoms with Crippen LogP contribution < -0.4 is 20.9 Å². The Labute approximate surface area is 157 Å². The van der Waals surface area contributed by atoms with Crippen molar-refractivity contribution in [2.45, 2.75) is 32.4 Å². The number of carbonyl (C=O) groups is 1. The Morgan fingerprint density at radius 1 is 1.23 bits per heavy atom. The summed E-state index contributed by atoms with van der Waals surface area (Å²) in [7, 11) is 1.54. The van der Waals surface area contributed by atoms with Crippen LogP contribution in [-0.4, -0.2) is 24.2 Å². The molecule has 2 atom stereocenters. The van der Waals surface area contributed by atoms with E-state index in [0.717, 1.165) is 16.7 Å². The molecule has 3 rings (SSSR count). The van der Waals surface area contributed by atoms with E-state index in [1.54, 1.807) is 24.3 Å². The second-order valence-corrected chi connectivity index (χ2v) is 6.87. The molecule has 1 saturated heterocycles. The Morgan fingerprint density at radius 3 is 2.65 bits per heavy atom. The van der Waals surface area contributed by atoms with Gasteiger partial charge in [-0.05, 0) is 55.7 Å². The fraction of sp³-hybridized carbons (Fsp3) is 0.316. The molecule has 2 aromatic rings. The lowest BCUT2D eigenvalue weighted by Gasteiger charge is -2.14. The van der Waals surface area contributed by atoms with E-state index in [4.69, 9.17) is 16.3 Å². The number of rotatable bonds is 4. The zero-order valence-electron chi connectivity index (χ0n) is 14.9. The molecule has 0 bridgehead atoms. The zero-order valence-corrected chi connectivity index (χ0v) is 15.6. The van der Waals surface area contributed by atoms with Gasteiger partial charge in [0.15, 0.2) is 0 Å². The van der Waals surface area contributed by atoms with Crippen molar-refractivity contribution in [2.24, 2.45) is 0 Å². The SMILES string of the molecule is COc1ccc(NC(=O)C2CC(c3cc(C)c(C)cc3O)NN2)cc1Cl. The Morgan fingerprint density at radius 2 is 1.96 bits per heavy atom. The lowest BCUT2D eigenvalue weighted by Crippen LogP contribution is -2.39. The average molecular weight is 376 g/mol. The number of phenolic OH excluding ortho intramolecular Hbond substituents is 1. The molecule has 26 heavy (non-hydrogen) atoms. The molecule has 0 radical (unpaired) electrons. The number of aromatic hydroxyl groups is 1. The van der Waals surface area contributed by atoms with E-state index in [-0.39, 0.29) is 17.7 Å². The Kier molecular flexibility index (Phi) is 5.36. The largest absolute Gasteiger partial charge is 0.508 e. The van der Waals surface area contributed by atoms with E-state index in [9.17, 15) is 9.90 Å². The van der Waals surface area contributed by atoms with Crippen LogP contribution in [0, 0.1) is 13.8 Å². The third kappa shape index (κ3) is 3.77. The van der Waals surface area contributed by atoms with E-state index in [1.807, 2.05) is 19.9 Å². The lowest BCUT2D eigenvalue weighted by molar-refractivity contribution is -0.117. The number of methoxy groups -OCH3 is 1. The van der Waals surface area contributed by atoms with Crippen molar-refractivity contribution in [3.05, 3.63) is 52.0 Å². The molecule has 1 fully saturated rings. The van der Waals surface area contributed by atoms with Gasteiger partial charge in [-0.1, -0.05) is 17.7 Å². The summed E-state index contributed by atoms with van der Waals surface area (Å²) in [6.07, 6.45) is 0.520. The molecular weight excluding hydrogens is 354 g/mol. The molecule has 0 spiro atoms. The Hall–Kier alpha value is -2.28. The van der Waals surface area contributed by atoms with Gasteiger partial charge in [0.1, 0.15) is 17.5 Å². The van der Waals surface area contributed by atoms with Crippen LogP contribution >= 0.6 is 11.6 Å². The van der Waals surface area contributed by atoms with Crippen molar-refractivity contribution >= 4 is 23.2 Å². The van der Waals surface area contributed by atoms with Gasteiger partial charge in [-0.2, -0.15) is 0 Å². The number of anilines is 1. The number of hydrogen-bond acceptors (Lipinski definition) is 5. The van der Waals surface area contributed by atoms with Gasteiger partial charge >= 0.3 is 0 Å². The van der Waals surface area contributed by atoms with Gasteiger partial charge in [-0.15, -0.1) is 0 Å². The van der Waals surface area contributed by atoms with Crippen LogP contribution in [0.3, 0.4) is 0 Å². The van der Waals surface area contributed by atoms with E-state index in [0.29, 0.717) is 22.9 Å². The summed E-state index contributed by atoms with van der Waals surface area (Å²) in [5.41, 5.74) is 9.59. The maximum Gasteiger partial charge on any atom is 0.242 e. The second-order valence-electron chi connectivity index (χ2n) is 6.46. The molecular formula is C19H22ClN3O3. The summed E-state index contributed by atoms with van der Waals surface area (Å²) in [5.74, 6) is 0.607. The predicted molar refractivity (Wildman–Crippen MR) is 102 cm³/mol. The van der Waals surface area contributed by atoms with Gasteiger partial charge in [0.25, 0.3) is 0 Å². The van der Waals surface area contributed by atoms with Gasteiger partial charge in [0.2, 0.25) is 5.91 Å². The van der Waals surface area contributed by atoms with E-state index in [2.05, 4.69) is 16.2 Å². The maximum absolute atomic E-state index is 12.5. The summed E-state index contributed by atoms with van der Waals surface area (Å²) in [6.45, 7) is 3.95. The highest BCUT2D eigenvalue weighted by Gasteiger charge is 2.31. The third-order valence-corrected chi connectivity index (χ3v) is 4.95. The zero-order chi connectivity index (χ0) is 18.8. The van der Waals surface area contributed by atoms with Crippen molar-refractivity contribution in [3.63, 3.8) is 0 Å². The van der Waals surface area contributed by atoms with Crippen molar-refractivity contribution < 1.29 is 14.6 Å². The van der Waals surface area contributed by atoms with Crippen molar-refractivity contribution in [1.29, 1.82) is 0 Å². The van der Waals surface area contributed by atoms with Crippen molar-refractivity contribution in [1.82, 2.24) is 10.9 Å². The summed E-state index contributed by atoms with van der Waals surface area (Å²) in [5, 5.41) is 13.5. The summed E-state index contributed by atoms with van der Waals surface area (Å²) >= 11 is 6.09. The number of ether oxygens (including phenoxy) is 1. The topological polar surface area (TPSA) is 82.6 Å². The number of aryl methyl sites for hydroxylation is 2. The first kappa shape index (κ1) is 18.5. The number of nitrogens with one attached hydrogen (secondary N) is 3. The van der Waals surface area contributed by atoms with Gasteiger partial charge < -0.3 is 15.2 Å². The van der Waals surface area contributed by atoms with Crippen LogP contribution in [0.25, 0.3) is 0 Å². The van der Waals surface area contributed by atoms with Gasteiger partial charge in [0, 0.05) is 11.3 Å². The minimum absolute atomic E-state index is 0.149. The van der Waals surface area contributed by atoms with Crippen LogP contribution in [-0.2, 0) is 4.79 Å². The number of hydrogen-bond donors (Lipinski definition) is 4. The molecule has 1 heterocycles. The number of phenols is 1. The van der Waals surface area contributed by atoms with Crippen LogP contribution in [0.15, 0.2) is 30.3 Å². The Bertz CT molecular complexity index is 841. The van der Waals surface area contributed by atoms with E-state index in [1.165, 1.54) is 7.11 Å². The fourth-order valence-electron chi connectivity index (χ4n) is 3.01. The quantitative estimate of drug-likeness (QED) is 0.659. The number of halogens is 1. The minimum Gasteiger partial charge on any atom is -0.508 e. The molecule has 7 heteroatoms. The highest BCUT2D eigenvalue weighted by molar-refractivity contribution is 6.32. The smallest absolute Gasteiger partial charge is 0.242 e. The summed E-state index contributed by atoms with van der Waals surface area (Å²) < 4.78 is 5.11. The molecule has 1 aliphatic heterocycles. The highest BCUT2D eigenvalue weighted by atomic mass is 35.5. The Balaban J connectivity index is 1.68. The summed E-state index contributed by atoms with van der Waals surface area (Å²) in [4.78, 5) is 12.5. The minimum atomic E-state index is -0.429. The standard InChI is InChI=1S/C19H22ClN3O3/c1-10-6-13(17(24)7-11(10)2)15-9-16(23-22-15)19(25)21-12-4-5-18(26-3)14(20)8-12/h4-8,15-16,22-24H,9H2,1-3H3,(H,21,25). The summed E-state index contributed by atoms with van der Waals surface area (Å²) in [6, 6.07) is 8.21. The average Bonchev–Trinajstić information content (AvgIpc) is 3.08. The predicted octanol–water partition coefficient (Wildman–Crippen LogP) is 3.22. The highest BCUT2D eigenvalue weighted by Crippen LogP contribution is 2.32. The van der Waals surface area contributed by atoms with E-state index < -0.39 is 6.04 Å². The molecule has 6 nitrogen and oxygen atoms in total. The molecule has 2 aromatic carbocycles. The molecule has 1 amide bonds. The molecule has 4 N–H and O–H groups in total.